The Morgan fingerprint density at radius 3 is 2.90 bits per heavy atom. The Morgan fingerprint density at radius 2 is 2.10 bits per heavy atom. The van der Waals surface area contributed by atoms with E-state index in [0.29, 0.717) is 6.54 Å². The summed E-state index contributed by atoms with van der Waals surface area (Å²) in [5.41, 5.74) is 4.64. The summed E-state index contributed by atoms with van der Waals surface area (Å²) in [6.45, 7) is 3.52. The summed E-state index contributed by atoms with van der Waals surface area (Å²) in [4.78, 5) is 14.7. The highest BCUT2D eigenvalue weighted by molar-refractivity contribution is 9.10. The van der Waals surface area contributed by atoms with E-state index in [-0.39, 0.29) is 5.78 Å². The van der Waals surface area contributed by atoms with Gasteiger partial charge in [0.15, 0.2) is 5.78 Å². The first-order chi connectivity index (χ1) is 10.1. The van der Waals surface area contributed by atoms with E-state index in [1.807, 2.05) is 24.3 Å². The molecule has 0 bridgehead atoms. The molecule has 2 aromatic rings. The molecule has 1 heterocycles. The Labute approximate surface area is 133 Å². The molecule has 0 aromatic heterocycles. The molecule has 0 saturated carbocycles. The van der Waals surface area contributed by atoms with Gasteiger partial charge in [-0.3, -0.25) is 4.79 Å². The van der Waals surface area contributed by atoms with Gasteiger partial charge in [-0.05, 0) is 43.5 Å². The van der Waals surface area contributed by atoms with Gasteiger partial charge >= 0.3 is 0 Å². The molecule has 0 N–H and O–H groups in total. The van der Waals surface area contributed by atoms with Crippen LogP contribution in [0.2, 0.25) is 0 Å². The van der Waals surface area contributed by atoms with Crippen molar-refractivity contribution in [3.05, 3.63) is 63.6 Å². The molecule has 1 aliphatic heterocycles. The fourth-order valence-corrected chi connectivity index (χ4v) is 3.29. The monoisotopic (exact) mass is 343 g/mol. The molecular formula is C18H18BrNO. The molecular weight excluding hydrogens is 326 g/mol. The number of anilines is 1. The van der Waals surface area contributed by atoms with Gasteiger partial charge < -0.3 is 4.90 Å². The highest BCUT2D eigenvalue weighted by Gasteiger charge is 2.19. The molecule has 2 aromatic carbocycles. The van der Waals surface area contributed by atoms with Gasteiger partial charge in [-0.15, -0.1) is 0 Å². The maximum Gasteiger partial charge on any atom is 0.182 e. The minimum Gasteiger partial charge on any atom is -0.364 e. The van der Waals surface area contributed by atoms with Crippen molar-refractivity contribution in [2.45, 2.75) is 19.8 Å². The first-order valence-electron chi connectivity index (χ1n) is 7.27. The van der Waals surface area contributed by atoms with Crippen LogP contribution in [0.5, 0.6) is 0 Å². The number of ketones is 1. The second-order valence-corrected chi connectivity index (χ2v) is 6.51. The van der Waals surface area contributed by atoms with Crippen LogP contribution in [0.15, 0.2) is 46.9 Å². The Hall–Kier alpha value is -1.61. The van der Waals surface area contributed by atoms with Gasteiger partial charge in [0, 0.05) is 22.3 Å². The Morgan fingerprint density at radius 1 is 1.24 bits per heavy atom. The molecule has 0 saturated heterocycles. The normalized spacial score (nSPS) is 13.9. The van der Waals surface area contributed by atoms with Crippen molar-refractivity contribution < 1.29 is 4.79 Å². The third-order valence-corrected chi connectivity index (χ3v) is 4.42. The first kappa shape index (κ1) is 14.3. The standard InChI is InChI=1S/C18H18BrNO/c1-13-7-8-17-14(10-13)5-3-9-20(17)12-18(21)15-4-2-6-16(19)11-15/h2,4,6-8,10-11H,3,5,9,12H2,1H3. The molecule has 0 aliphatic carbocycles. The zero-order valence-corrected chi connectivity index (χ0v) is 13.7. The third-order valence-electron chi connectivity index (χ3n) is 3.93. The summed E-state index contributed by atoms with van der Waals surface area (Å²) >= 11 is 3.42. The lowest BCUT2D eigenvalue weighted by atomic mass is 9.99. The zero-order valence-electron chi connectivity index (χ0n) is 12.1. The van der Waals surface area contributed by atoms with Crippen LogP contribution < -0.4 is 4.90 Å². The summed E-state index contributed by atoms with van der Waals surface area (Å²) < 4.78 is 0.947. The van der Waals surface area contributed by atoms with Crippen molar-refractivity contribution in [2.75, 3.05) is 18.0 Å². The number of nitrogens with zero attached hydrogens (tertiary/aromatic N) is 1. The van der Waals surface area contributed by atoms with E-state index in [0.717, 1.165) is 29.4 Å². The van der Waals surface area contributed by atoms with Crippen LogP contribution in [0.1, 0.15) is 27.9 Å². The van der Waals surface area contributed by atoms with E-state index in [4.69, 9.17) is 0 Å². The average molecular weight is 344 g/mol. The lowest BCUT2D eigenvalue weighted by Gasteiger charge is -2.31. The van der Waals surface area contributed by atoms with Crippen LogP contribution in [0.25, 0.3) is 0 Å². The Balaban J connectivity index is 1.82. The van der Waals surface area contributed by atoms with Crippen LogP contribution in [-0.4, -0.2) is 18.9 Å². The first-order valence-corrected chi connectivity index (χ1v) is 8.06. The quantitative estimate of drug-likeness (QED) is 0.770. The fourth-order valence-electron chi connectivity index (χ4n) is 2.89. The number of fused-ring (bicyclic) bond motifs is 1. The maximum absolute atomic E-state index is 12.5. The van der Waals surface area contributed by atoms with Crippen LogP contribution in [0, 0.1) is 6.92 Å². The van der Waals surface area contributed by atoms with E-state index in [1.165, 1.54) is 16.8 Å². The average Bonchev–Trinajstić information content (AvgIpc) is 2.47. The van der Waals surface area contributed by atoms with E-state index in [9.17, 15) is 4.79 Å². The predicted molar refractivity (Wildman–Crippen MR) is 90.2 cm³/mol. The smallest absolute Gasteiger partial charge is 0.182 e. The molecule has 0 atom stereocenters. The van der Waals surface area contributed by atoms with Crippen LogP contribution in [0.3, 0.4) is 0 Å². The molecule has 0 spiro atoms. The van der Waals surface area contributed by atoms with Gasteiger partial charge in [0.1, 0.15) is 0 Å². The van der Waals surface area contributed by atoms with Gasteiger partial charge in [0.25, 0.3) is 0 Å². The summed E-state index contributed by atoms with van der Waals surface area (Å²) in [5, 5.41) is 0. The van der Waals surface area contributed by atoms with Crippen molar-refractivity contribution in [3.8, 4) is 0 Å². The predicted octanol–water partition coefficient (Wildman–Crippen LogP) is 4.39. The highest BCUT2D eigenvalue weighted by atomic mass is 79.9. The maximum atomic E-state index is 12.5. The van der Waals surface area contributed by atoms with Crippen molar-refractivity contribution in [2.24, 2.45) is 0 Å². The number of benzene rings is 2. The number of rotatable bonds is 3. The molecule has 3 rings (SSSR count). The van der Waals surface area contributed by atoms with Gasteiger partial charge in [0.05, 0.1) is 6.54 Å². The van der Waals surface area contributed by atoms with Gasteiger partial charge in [0.2, 0.25) is 0 Å². The topological polar surface area (TPSA) is 20.3 Å². The van der Waals surface area contributed by atoms with E-state index >= 15 is 0 Å². The van der Waals surface area contributed by atoms with Crippen LogP contribution >= 0.6 is 15.9 Å². The molecule has 21 heavy (non-hydrogen) atoms. The SMILES string of the molecule is Cc1ccc2c(c1)CCCN2CC(=O)c1cccc(Br)c1. The fraction of sp³-hybridized carbons (Fsp3) is 0.278. The minimum absolute atomic E-state index is 0.171. The lowest BCUT2D eigenvalue weighted by molar-refractivity contribution is 0.0998. The molecule has 0 fully saturated rings. The van der Waals surface area contributed by atoms with Crippen molar-refractivity contribution in [1.82, 2.24) is 0 Å². The number of carbonyl (C=O) groups excluding carboxylic acids is 1. The minimum atomic E-state index is 0.171. The summed E-state index contributed by atoms with van der Waals surface area (Å²) in [5.74, 6) is 0.171. The number of carbonyl (C=O) groups is 1. The Bertz CT molecular complexity index is 681. The molecule has 0 radical (unpaired) electrons. The largest absolute Gasteiger partial charge is 0.364 e. The van der Waals surface area contributed by atoms with E-state index < -0.39 is 0 Å². The summed E-state index contributed by atoms with van der Waals surface area (Å²) in [6, 6.07) is 14.1. The van der Waals surface area contributed by atoms with Crippen molar-refractivity contribution in [1.29, 1.82) is 0 Å². The number of aryl methyl sites for hydroxylation is 2. The second kappa shape index (κ2) is 6.02. The van der Waals surface area contributed by atoms with Crippen molar-refractivity contribution >= 4 is 27.4 Å². The summed E-state index contributed by atoms with van der Waals surface area (Å²) in [7, 11) is 0. The summed E-state index contributed by atoms with van der Waals surface area (Å²) in [6.07, 6.45) is 2.22. The van der Waals surface area contributed by atoms with E-state index in [1.54, 1.807) is 0 Å². The highest BCUT2D eigenvalue weighted by Crippen LogP contribution is 2.28. The van der Waals surface area contributed by atoms with Crippen molar-refractivity contribution in [3.63, 3.8) is 0 Å². The number of Topliss-reactive ketones (excluding diaryl/α,β-unsaturated/α-hetero) is 1. The van der Waals surface area contributed by atoms with E-state index in [2.05, 4.69) is 46.0 Å². The number of hydrogen-bond donors (Lipinski definition) is 0. The van der Waals surface area contributed by atoms with Crippen LogP contribution in [-0.2, 0) is 6.42 Å². The number of hydrogen-bond acceptors (Lipinski definition) is 2. The molecule has 2 nitrogen and oxygen atoms in total. The number of halogens is 1. The van der Waals surface area contributed by atoms with Gasteiger partial charge in [-0.1, -0.05) is 45.8 Å². The molecule has 108 valence electrons. The molecule has 0 amide bonds. The van der Waals surface area contributed by atoms with Gasteiger partial charge in [-0.2, -0.15) is 0 Å². The van der Waals surface area contributed by atoms with Gasteiger partial charge in [-0.25, -0.2) is 0 Å². The zero-order chi connectivity index (χ0) is 14.8. The molecule has 0 unspecified atom stereocenters. The lowest BCUT2D eigenvalue weighted by Crippen LogP contribution is -2.34. The third kappa shape index (κ3) is 3.18. The second-order valence-electron chi connectivity index (χ2n) is 5.59. The Kier molecular flexibility index (Phi) is 4.11. The van der Waals surface area contributed by atoms with Crippen LogP contribution in [0.4, 0.5) is 5.69 Å². The molecule has 1 aliphatic rings. The molecule has 3 heteroatoms.